The van der Waals surface area contributed by atoms with Crippen LogP contribution in [0.5, 0.6) is 0 Å². The topological polar surface area (TPSA) is 0 Å². The highest BCUT2D eigenvalue weighted by molar-refractivity contribution is 5.67. The van der Waals surface area contributed by atoms with Crippen molar-refractivity contribution in [1.82, 2.24) is 0 Å². The zero-order valence-corrected chi connectivity index (χ0v) is 22.9. The van der Waals surface area contributed by atoms with Crippen molar-refractivity contribution in [2.45, 2.75) is 115 Å². The van der Waals surface area contributed by atoms with E-state index in [4.69, 9.17) is 0 Å². The summed E-state index contributed by atoms with van der Waals surface area (Å²) < 4.78 is 28.5. The first-order valence-electron chi connectivity index (χ1n) is 15.3. The molecule has 0 saturated heterocycles. The molecule has 0 aliphatic heterocycles. The highest BCUT2D eigenvalue weighted by Gasteiger charge is 2.31. The Morgan fingerprint density at radius 1 is 0.703 bits per heavy atom. The summed E-state index contributed by atoms with van der Waals surface area (Å²) in [7, 11) is 0. The van der Waals surface area contributed by atoms with Gasteiger partial charge in [-0.15, -0.1) is 0 Å². The molecule has 3 aliphatic carbocycles. The summed E-state index contributed by atoms with van der Waals surface area (Å²) in [5, 5.41) is 0. The molecule has 2 saturated carbocycles. The number of rotatable bonds is 8. The second-order valence-corrected chi connectivity index (χ2v) is 12.4. The van der Waals surface area contributed by atoms with E-state index in [0.29, 0.717) is 11.8 Å². The molecular formula is C35H46F2. The van der Waals surface area contributed by atoms with Crippen molar-refractivity contribution in [3.63, 3.8) is 0 Å². The van der Waals surface area contributed by atoms with Crippen molar-refractivity contribution in [3.8, 4) is 0 Å². The fraction of sp³-hybridized carbons (Fsp3) is 0.600. The molecule has 1 unspecified atom stereocenters. The Kier molecular flexibility index (Phi) is 9.16. The van der Waals surface area contributed by atoms with Gasteiger partial charge in [0.15, 0.2) is 0 Å². The van der Waals surface area contributed by atoms with Crippen molar-refractivity contribution in [1.29, 1.82) is 0 Å². The van der Waals surface area contributed by atoms with Gasteiger partial charge >= 0.3 is 0 Å². The highest BCUT2D eigenvalue weighted by Crippen LogP contribution is 2.45. The third-order valence-electron chi connectivity index (χ3n) is 10.1. The summed E-state index contributed by atoms with van der Waals surface area (Å²) in [6, 6.07) is 13.0. The van der Waals surface area contributed by atoms with Crippen molar-refractivity contribution in [2.75, 3.05) is 0 Å². The largest absolute Gasteiger partial charge is 0.207 e. The van der Waals surface area contributed by atoms with E-state index < -0.39 is 0 Å². The van der Waals surface area contributed by atoms with Crippen LogP contribution in [0.15, 0.2) is 48.5 Å². The molecule has 0 heterocycles. The second-order valence-electron chi connectivity index (χ2n) is 12.4. The standard InChI is InChI=1S/C35H46F2/c1-2-3-4-5-25-6-8-26(9-7-25)27-10-12-30(13-11-27)32-20-23-34(35(37)24-32)31-16-14-28(15-17-31)29-18-21-33(36)22-19-29/h16,18-28,30H,2-15,17H2,1H3. The predicted molar refractivity (Wildman–Crippen MR) is 152 cm³/mol. The van der Waals surface area contributed by atoms with Crippen molar-refractivity contribution in [3.05, 3.63) is 76.9 Å². The molecule has 2 heteroatoms. The Morgan fingerprint density at radius 3 is 2.00 bits per heavy atom. The van der Waals surface area contributed by atoms with Crippen LogP contribution < -0.4 is 0 Å². The Bertz CT molecular complexity index is 1020. The summed E-state index contributed by atoms with van der Waals surface area (Å²) >= 11 is 0. The Balaban J connectivity index is 1.11. The molecule has 5 rings (SSSR count). The average Bonchev–Trinajstić information content (AvgIpc) is 2.94. The lowest BCUT2D eigenvalue weighted by atomic mass is 9.68. The van der Waals surface area contributed by atoms with Crippen LogP contribution in [0.1, 0.15) is 132 Å². The van der Waals surface area contributed by atoms with Crippen LogP contribution >= 0.6 is 0 Å². The van der Waals surface area contributed by atoms with Gasteiger partial charge in [0.2, 0.25) is 0 Å². The van der Waals surface area contributed by atoms with Gasteiger partial charge in [-0.1, -0.05) is 75.8 Å². The average molecular weight is 505 g/mol. The van der Waals surface area contributed by atoms with Crippen LogP contribution in [0.3, 0.4) is 0 Å². The number of hydrogen-bond donors (Lipinski definition) is 0. The SMILES string of the molecule is CCCCCC1CCC(C2CCC(c3ccc(C4=CCC(c5ccc(F)cc5)CC4)c(F)c3)CC2)CC1. The molecule has 0 bridgehead atoms. The van der Waals surface area contributed by atoms with E-state index in [0.717, 1.165) is 48.2 Å². The van der Waals surface area contributed by atoms with Gasteiger partial charge in [-0.05, 0) is 122 Å². The van der Waals surface area contributed by atoms with Crippen LogP contribution in [0.25, 0.3) is 5.57 Å². The van der Waals surface area contributed by atoms with Crippen molar-refractivity contribution >= 4 is 5.57 Å². The smallest absolute Gasteiger partial charge is 0.130 e. The number of halogens is 2. The first-order chi connectivity index (χ1) is 18.1. The Hall–Kier alpha value is -1.96. The highest BCUT2D eigenvalue weighted by atomic mass is 19.1. The van der Waals surface area contributed by atoms with E-state index in [1.54, 1.807) is 12.1 Å². The fourth-order valence-electron chi connectivity index (χ4n) is 7.72. The van der Waals surface area contributed by atoms with Crippen LogP contribution in [0.2, 0.25) is 0 Å². The first-order valence-corrected chi connectivity index (χ1v) is 15.3. The van der Waals surface area contributed by atoms with Crippen LogP contribution in [-0.2, 0) is 0 Å². The summed E-state index contributed by atoms with van der Waals surface area (Å²) in [6.07, 6.45) is 21.5. The van der Waals surface area contributed by atoms with Gasteiger partial charge in [-0.3, -0.25) is 0 Å². The van der Waals surface area contributed by atoms with Gasteiger partial charge in [0.1, 0.15) is 11.6 Å². The Labute approximate surface area is 224 Å². The van der Waals surface area contributed by atoms with E-state index in [1.165, 1.54) is 88.2 Å². The van der Waals surface area contributed by atoms with E-state index in [-0.39, 0.29) is 11.6 Å². The summed E-state index contributed by atoms with van der Waals surface area (Å²) in [4.78, 5) is 0. The van der Waals surface area contributed by atoms with Gasteiger partial charge in [0.05, 0.1) is 0 Å². The first kappa shape index (κ1) is 26.6. The molecule has 1 atom stereocenters. The normalized spacial score (nSPS) is 28.6. The van der Waals surface area contributed by atoms with Crippen LogP contribution in [-0.4, -0.2) is 0 Å². The number of unbranched alkanes of at least 4 members (excludes halogenated alkanes) is 2. The van der Waals surface area contributed by atoms with Gasteiger partial charge in [-0.2, -0.15) is 0 Å². The predicted octanol–water partition coefficient (Wildman–Crippen LogP) is 11.0. The molecule has 200 valence electrons. The maximum Gasteiger partial charge on any atom is 0.130 e. The monoisotopic (exact) mass is 504 g/mol. The molecule has 0 nitrogen and oxygen atoms in total. The molecule has 0 radical (unpaired) electrons. The third-order valence-corrected chi connectivity index (χ3v) is 10.1. The lowest BCUT2D eigenvalue weighted by molar-refractivity contribution is 0.155. The molecule has 0 spiro atoms. The minimum absolute atomic E-state index is 0.0486. The van der Waals surface area contributed by atoms with E-state index in [1.807, 2.05) is 24.3 Å². The Morgan fingerprint density at radius 2 is 1.38 bits per heavy atom. The van der Waals surface area contributed by atoms with E-state index in [9.17, 15) is 4.39 Å². The molecular weight excluding hydrogens is 458 g/mol. The van der Waals surface area contributed by atoms with Crippen molar-refractivity contribution in [2.24, 2.45) is 17.8 Å². The molecule has 2 aromatic rings. The maximum absolute atomic E-state index is 15.3. The summed E-state index contributed by atoms with van der Waals surface area (Å²) in [5.74, 6) is 3.53. The van der Waals surface area contributed by atoms with Gasteiger partial charge in [0.25, 0.3) is 0 Å². The summed E-state index contributed by atoms with van der Waals surface area (Å²) in [6.45, 7) is 2.30. The molecule has 2 aromatic carbocycles. The summed E-state index contributed by atoms with van der Waals surface area (Å²) in [5.41, 5.74) is 4.31. The quantitative estimate of drug-likeness (QED) is 0.314. The third kappa shape index (κ3) is 6.73. The lowest BCUT2D eigenvalue weighted by Crippen LogP contribution is -2.25. The molecule has 0 aromatic heterocycles. The lowest BCUT2D eigenvalue weighted by Gasteiger charge is -2.38. The molecule has 2 fully saturated rings. The zero-order valence-electron chi connectivity index (χ0n) is 22.9. The zero-order chi connectivity index (χ0) is 25.6. The number of hydrogen-bond acceptors (Lipinski definition) is 0. The molecule has 0 amide bonds. The second kappa shape index (κ2) is 12.7. The molecule has 0 N–H and O–H groups in total. The minimum atomic E-state index is -0.188. The van der Waals surface area contributed by atoms with E-state index >= 15 is 4.39 Å². The number of allylic oxidation sites excluding steroid dienone is 2. The van der Waals surface area contributed by atoms with Crippen molar-refractivity contribution < 1.29 is 8.78 Å². The minimum Gasteiger partial charge on any atom is -0.207 e. The fourth-order valence-corrected chi connectivity index (χ4v) is 7.72. The molecule has 37 heavy (non-hydrogen) atoms. The van der Waals surface area contributed by atoms with E-state index in [2.05, 4.69) is 19.1 Å². The van der Waals surface area contributed by atoms with Gasteiger partial charge < -0.3 is 0 Å². The van der Waals surface area contributed by atoms with Gasteiger partial charge in [-0.25, -0.2) is 8.78 Å². The van der Waals surface area contributed by atoms with Crippen LogP contribution in [0, 0.1) is 29.4 Å². The number of benzene rings is 2. The van der Waals surface area contributed by atoms with Crippen LogP contribution in [0.4, 0.5) is 8.78 Å². The van der Waals surface area contributed by atoms with Gasteiger partial charge in [0, 0.05) is 5.56 Å². The maximum atomic E-state index is 15.3. The molecule has 3 aliphatic rings.